The molecule has 0 aliphatic rings. The van der Waals surface area contributed by atoms with Crippen molar-refractivity contribution in [2.24, 2.45) is 0 Å². The van der Waals surface area contributed by atoms with E-state index in [2.05, 4.69) is 0 Å². The van der Waals surface area contributed by atoms with Crippen molar-refractivity contribution in [3.8, 4) is 17.2 Å². The Hall–Kier alpha value is -1.94. The highest BCUT2D eigenvalue weighted by molar-refractivity contribution is 7.10. The Morgan fingerprint density at radius 2 is 1.78 bits per heavy atom. The smallest absolute Gasteiger partial charge is 0.200 e. The predicted molar refractivity (Wildman–Crippen MR) is 74.5 cm³/mol. The number of benzene rings is 1. The minimum atomic E-state index is 0.0215. The van der Waals surface area contributed by atoms with Gasteiger partial charge in [-0.1, -0.05) is 12.1 Å². The lowest BCUT2D eigenvalue weighted by Gasteiger charge is -2.09. The second-order valence-electron chi connectivity index (χ2n) is 3.62. The van der Waals surface area contributed by atoms with Crippen LogP contribution in [0.4, 0.5) is 0 Å². The largest absolute Gasteiger partial charge is 0.502 e. The summed E-state index contributed by atoms with van der Waals surface area (Å²) in [6, 6.07) is 7.57. The van der Waals surface area contributed by atoms with Crippen LogP contribution in [-0.2, 0) is 0 Å². The van der Waals surface area contributed by atoms with Crippen LogP contribution >= 0.6 is 11.3 Å². The molecule has 0 aliphatic heterocycles. The lowest BCUT2D eigenvalue weighted by atomic mass is 10.1. The maximum absolute atomic E-state index is 9.79. The highest BCUT2D eigenvalue weighted by Gasteiger charge is 2.09. The fourth-order valence-corrected chi connectivity index (χ4v) is 2.19. The number of hydrogen-bond donors (Lipinski definition) is 1. The molecule has 4 heteroatoms. The van der Waals surface area contributed by atoms with Gasteiger partial charge in [-0.15, -0.1) is 11.3 Å². The van der Waals surface area contributed by atoms with E-state index in [4.69, 9.17) is 9.47 Å². The molecule has 0 unspecified atom stereocenters. The second kappa shape index (κ2) is 5.60. The molecule has 0 saturated carbocycles. The Morgan fingerprint density at radius 1 is 1.11 bits per heavy atom. The number of phenols is 1. The predicted octanol–water partition coefficient (Wildman–Crippen LogP) is 3.64. The van der Waals surface area contributed by atoms with E-state index < -0.39 is 0 Å². The molecular weight excluding hydrogens is 248 g/mol. The molecule has 0 aliphatic carbocycles. The zero-order chi connectivity index (χ0) is 13.0. The van der Waals surface area contributed by atoms with Crippen molar-refractivity contribution in [2.45, 2.75) is 0 Å². The van der Waals surface area contributed by atoms with Crippen molar-refractivity contribution in [3.63, 3.8) is 0 Å². The van der Waals surface area contributed by atoms with Crippen molar-refractivity contribution in [1.29, 1.82) is 0 Å². The average Bonchev–Trinajstić information content (AvgIpc) is 2.90. The molecule has 1 aromatic heterocycles. The molecule has 0 spiro atoms. The van der Waals surface area contributed by atoms with Gasteiger partial charge >= 0.3 is 0 Å². The van der Waals surface area contributed by atoms with Crippen LogP contribution in [0.5, 0.6) is 17.2 Å². The van der Waals surface area contributed by atoms with Gasteiger partial charge in [0.15, 0.2) is 11.5 Å². The number of rotatable bonds is 4. The molecule has 0 bridgehead atoms. The fraction of sp³-hybridized carbons (Fsp3) is 0.143. The first-order chi connectivity index (χ1) is 8.74. The van der Waals surface area contributed by atoms with Gasteiger partial charge in [-0.2, -0.15) is 0 Å². The van der Waals surface area contributed by atoms with Crippen molar-refractivity contribution in [2.75, 3.05) is 14.2 Å². The zero-order valence-corrected chi connectivity index (χ0v) is 11.0. The third-order valence-corrected chi connectivity index (χ3v) is 3.32. The van der Waals surface area contributed by atoms with Crippen molar-refractivity contribution < 1.29 is 14.6 Å². The minimum Gasteiger partial charge on any atom is -0.502 e. The Balaban J connectivity index is 2.33. The second-order valence-corrected chi connectivity index (χ2v) is 4.60. The fourth-order valence-electron chi connectivity index (χ4n) is 1.57. The number of hydrogen-bond acceptors (Lipinski definition) is 4. The van der Waals surface area contributed by atoms with E-state index in [1.54, 1.807) is 23.5 Å². The molecule has 0 atom stereocenters. The maximum Gasteiger partial charge on any atom is 0.200 e. The lowest BCUT2D eigenvalue weighted by Crippen LogP contribution is -1.90. The highest BCUT2D eigenvalue weighted by atomic mass is 32.1. The quantitative estimate of drug-likeness (QED) is 0.914. The van der Waals surface area contributed by atoms with E-state index in [1.807, 2.05) is 29.7 Å². The number of ether oxygens (including phenoxy) is 2. The Bertz CT molecular complexity index is 519. The monoisotopic (exact) mass is 262 g/mol. The molecule has 18 heavy (non-hydrogen) atoms. The Labute approximate surface area is 110 Å². The van der Waals surface area contributed by atoms with Crippen LogP contribution in [0, 0.1) is 0 Å². The van der Waals surface area contributed by atoms with E-state index in [0.29, 0.717) is 11.5 Å². The summed E-state index contributed by atoms with van der Waals surface area (Å²) in [4.78, 5) is 1.17. The summed E-state index contributed by atoms with van der Waals surface area (Å²) in [6.45, 7) is 0. The highest BCUT2D eigenvalue weighted by Crippen LogP contribution is 2.37. The summed E-state index contributed by atoms with van der Waals surface area (Å²) in [5.74, 6) is 0.827. The summed E-state index contributed by atoms with van der Waals surface area (Å²) in [6.07, 6.45) is 3.96. The SMILES string of the molecule is COc1cc(C=Cc2cccs2)cc(OC)c1O. The van der Waals surface area contributed by atoms with E-state index in [-0.39, 0.29) is 5.75 Å². The van der Waals surface area contributed by atoms with Crippen LogP contribution in [0.3, 0.4) is 0 Å². The van der Waals surface area contributed by atoms with Crippen LogP contribution in [0.25, 0.3) is 12.2 Å². The van der Waals surface area contributed by atoms with Gasteiger partial charge in [0.1, 0.15) is 0 Å². The van der Waals surface area contributed by atoms with Crippen LogP contribution in [0.2, 0.25) is 0 Å². The van der Waals surface area contributed by atoms with Gasteiger partial charge in [-0.05, 0) is 35.2 Å². The summed E-state index contributed by atoms with van der Waals surface area (Å²) >= 11 is 1.67. The first kappa shape index (κ1) is 12.5. The molecule has 1 N–H and O–H groups in total. The first-order valence-electron chi connectivity index (χ1n) is 5.41. The van der Waals surface area contributed by atoms with Crippen LogP contribution in [0.15, 0.2) is 29.6 Å². The molecule has 94 valence electrons. The van der Waals surface area contributed by atoms with E-state index >= 15 is 0 Å². The molecule has 2 rings (SSSR count). The van der Waals surface area contributed by atoms with Gasteiger partial charge in [0.25, 0.3) is 0 Å². The third kappa shape index (κ3) is 2.65. The van der Waals surface area contributed by atoms with Gasteiger partial charge < -0.3 is 14.6 Å². The van der Waals surface area contributed by atoms with Gasteiger partial charge in [0.05, 0.1) is 14.2 Å². The summed E-state index contributed by atoms with van der Waals surface area (Å²) in [5, 5.41) is 11.8. The molecule has 3 nitrogen and oxygen atoms in total. The van der Waals surface area contributed by atoms with Crippen LogP contribution in [-0.4, -0.2) is 19.3 Å². The topological polar surface area (TPSA) is 38.7 Å². The van der Waals surface area contributed by atoms with Gasteiger partial charge in [-0.25, -0.2) is 0 Å². The van der Waals surface area contributed by atoms with Gasteiger partial charge in [-0.3, -0.25) is 0 Å². The zero-order valence-electron chi connectivity index (χ0n) is 10.2. The Kier molecular flexibility index (Phi) is 3.89. The van der Waals surface area contributed by atoms with E-state index in [9.17, 15) is 5.11 Å². The van der Waals surface area contributed by atoms with Crippen LogP contribution in [0.1, 0.15) is 10.4 Å². The molecule has 0 amide bonds. The van der Waals surface area contributed by atoms with Crippen molar-refractivity contribution in [3.05, 3.63) is 40.1 Å². The standard InChI is InChI=1S/C14H14O3S/c1-16-12-8-10(9-13(17-2)14(12)15)5-6-11-4-3-7-18-11/h3-9,15H,1-2H3. The molecule has 0 radical (unpaired) electrons. The Morgan fingerprint density at radius 3 is 2.28 bits per heavy atom. The minimum absolute atomic E-state index is 0.0215. The van der Waals surface area contributed by atoms with Crippen molar-refractivity contribution >= 4 is 23.5 Å². The van der Waals surface area contributed by atoms with Crippen molar-refractivity contribution in [1.82, 2.24) is 0 Å². The lowest BCUT2D eigenvalue weighted by molar-refractivity contribution is 0.340. The van der Waals surface area contributed by atoms with Gasteiger partial charge in [0.2, 0.25) is 5.75 Å². The number of phenolic OH excluding ortho intramolecular Hbond substituents is 1. The normalized spacial score (nSPS) is 10.8. The summed E-state index contributed by atoms with van der Waals surface area (Å²) < 4.78 is 10.2. The molecule has 0 fully saturated rings. The van der Waals surface area contributed by atoms with E-state index in [1.165, 1.54) is 19.1 Å². The van der Waals surface area contributed by atoms with E-state index in [0.717, 1.165) is 5.56 Å². The van der Waals surface area contributed by atoms with Gasteiger partial charge in [0, 0.05) is 4.88 Å². The number of thiophene rings is 1. The molecule has 1 aromatic carbocycles. The average molecular weight is 262 g/mol. The molecule has 2 aromatic rings. The van der Waals surface area contributed by atoms with Crippen LogP contribution < -0.4 is 9.47 Å². The maximum atomic E-state index is 9.79. The third-order valence-electron chi connectivity index (χ3n) is 2.49. The number of aromatic hydroxyl groups is 1. The molecular formula is C14H14O3S. The summed E-state index contributed by atoms with van der Waals surface area (Å²) in [7, 11) is 3.03. The number of methoxy groups -OCH3 is 2. The molecule has 1 heterocycles. The molecule has 0 saturated heterocycles. The summed E-state index contributed by atoms with van der Waals surface area (Å²) in [5.41, 5.74) is 0.912. The first-order valence-corrected chi connectivity index (χ1v) is 6.29.